The fraction of sp³-hybridized carbons (Fsp3) is 0.387. The summed E-state index contributed by atoms with van der Waals surface area (Å²) in [4.78, 5) is 11.7. The van der Waals surface area contributed by atoms with Crippen LogP contribution in [0.3, 0.4) is 0 Å². The van der Waals surface area contributed by atoms with E-state index in [0.717, 1.165) is 39.6 Å². The van der Waals surface area contributed by atoms with E-state index in [0.29, 0.717) is 42.3 Å². The third kappa shape index (κ3) is 6.33. The molecule has 3 aromatic carbocycles. The highest BCUT2D eigenvalue weighted by atomic mass is 32.2. The topological polar surface area (TPSA) is 100 Å². The Morgan fingerprint density at radius 3 is 2.56 bits per heavy atom. The summed E-state index contributed by atoms with van der Waals surface area (Å²) < 4.78 is 62.9. The minimum atomic E-state index is -3.27. The molecule has 0 aromatic heterocycles. The number of carbonyl (C=O) groups excluding carboxylic acids is 1. The van der Waals surface area contributed by atoms with E-state index in [9.17, 15) is 13.2 Å². The zero-order chi connectivity index (χ0) is 29.3. The third-order valence-corrected chi connectivity index (χ3v) is 8.31. The van der Waals surface area contributed by atoms with Crippen LogP contribution < -0.4 is 18.9 Å². The highest BCUT2D eigenvalue weighted by Gasteiger charge is 2.32. The van der Waals surface area contributed by atoms with Crippen molar-refractivity contribution in [3.63, 3.8) is 0 Å². The summed E-state index contributed by atoms with van der Waals surface area (Å²) in [6.07, 6.45) is 2.22. The lowest BCUT2D eigenvalue weighted by Gasteiger charge is -2.19. The van der Waals surface area contributed by atoms with Gasteiger partial charge in [0.1, 0.15) is 35.8 Å². The Morgan fingerprint density at radius 2 is 1.85 bits per heavy atom. The average Bonchev–Trinajstić information content (AvgIpc) is 3.51. The smallest absolute Gasteiger partial charge is 0.306 e. The van der Waals surface area contributed by atoms with Crippen LogP contribution in [0, 0.1) is 19.7 Å². The highest BCUT2D eigenvalue weighted by molar-refractivity contribution is 7.88. The van der Waals surface area contributed by atoms with E-state index in [1.165, 1.54) is 13.2 Å². The maximum Gasteiger partial charge on any atom is 0.306 e. The largest absolute Gasteiger partial charge is 0.492 e. The fourth-order valence-corrected chi connectivity index (χ4v) is 6.26. The average molecular weight is 584 g/mol. The Kier molecular flexibility index (Phi) is 8.24. The molecule has 5 rings (SSSR count). The second kappa shape index (κ2) is 11.7. The highest BCUT2D eigenvalue weighted by Crippen LogP contribution is 2.45. The van der Waals surface area contributed by atoms with E-state index in [2.05, 4.69) is 4.72 Å². The van der Waals surface area contributed by atoms with Gasteiger partial charge in [0, 0.05) is 29.7 Å². The van der Waals surface area contributed by atoms with Crippen molar-refractivity contribution >= 4 is 16.0 Å². The molecule has 0 amide bonds. The molecule has 1 N–H and O–H groups in total. The summed E-state index contributed by atoms with van der Waals surface area (Å²) in [5.41, 5.74) is 6.38. The van der Waals surface area contributed by atoms with Crippen molar-refractivity contribution in [3.05, 3.63) is 76.1 Å². The quantitative estimate of drug-likeness (QED) is 0.261. The van der Waals surface area contributed by atoms with Gasteiger partial charge in [0.05, 0.1) is 26.4 Å². The van der Waals surface area contributed by atoms with Crippen LogP contribution >= 0.6 is 0 Å². The molecule has 0 bridgehead atoms. The lowest BCUT2D eigenvalue weighted by Crippen LogP contribution is -2.26. The summed E-state index contributed by atoms with van der Waals surface area (Å²) in [6, 6.07) is 12.7. The first-order chi connectivity index (χ1) is 19.5. The first kappa shape index (κ1) is 28.9. The number of aryl methyl sites for hydroxylation is 2. The van der Waals surface area contributed by atoms with Gasteiger partial charge in [-0.25, -0.2) is 17.5 Å². The lowest BCUT2D eigenvalue weighted by molar-refractivity contribution is -0.141. The Labute approximate surface area is 239 Å². The zero-order valence-corrected chi connectivity index (χ0v) is 24.4. The number of ether oxygens (including phenoxy) is 4. The van der Waals surface area contributed by atoms with E-state index in [-0.39, 0.29) is 37.3 Å². The molecule has 0 saturated carbocycles. The molecule has 0 spiro atoms. The molecule has 10 heteroatoms. The molecule has 1 aliphatic heterocycles. The monoisotopic (exact) mass is 583 g/mol. The molecule has 41 heavy (non-hydrogen) atoms. The minimum absolute atomic E-state index is 0.0638. The zero-order valence-electron chi connectivity index (χ0n) is 23.6. The predicted molar refractivity (Wildman–Crippen MR) is 153 cm³/mol. The minimum Gasteiger partial charge on any atom is -0.492 e. The number of hydrogen-bond acceptors (Lipinski definition) is 7. The van der Waals surface area contributed by atoms with Gasteiger partial charge in [-0.15, -0.1) is 0 Å². The van der Waals surface area contributed by atoms with Crippen molar-refractivity contribution in [2.75, 3.05) is 33.1 Å². The summed E-state index contributed by atoms with van der Waals surface area (Å²) in [5.74, 6) is 1.26. The summed E-state index contributed by atoms with van der Waals surface area (Å²) in [7, 11) is -1.90. The maximum absolute atomic E-state index is 15.3. The SMILES string of the molecule is COC(=O)C[C@@H]1COc2cc(O[C@@H]3CCc4c(-c5c(C)cc(OCCNS(C)(=O)=O)cc5C)ccc(F)c43)ccc21. The summed E-state index contributed by atoms with van der Waals surface area (Å²) in [5, 5.41) is 0. The molecular formula is C31H34FNO7S. The molecule has 1 aliphatic carbocycles. The van der Waals surface area contributed by atoms with E-state index in [1.54, 1.807) is 0 Å². The van der Waals surface area contributed by atoms with Crippen molar-refractivity contribution in [1.29, 1.82) is 0 Å². The molecule has 0 fully saturated rings. The standard InChI is InChI=1S/C31H34FNO7S/c1-18-13-22(38-12-11-33-41(4,35)36)14-19(2)30(18)24-7-9-26(32)31-25(24)8-10-27(31)40-21-5-6-23-20(15-29(34)37-3)17-39-28(23)16-21/h5-7,9,13-14,16,20,27,33H,8,10-12,15,17H2,1-4H3/t20-,27-/m1/s1. The molecule has 0 radical (unpaired) electrons. The van der Waals surface area contributed by atoms with Gasteiger partial charge in [0.25, 0.3) is 0 Å². The van der Waals surface area contributed by atoms with Crippen molar-refractivity contribution in [1.82, 2.24) is 4.72 Å². The maximum atomic E-state index is 15.3. The summed E-state index contributed by atoms with van der Waals surface area (Å²) in [6.45, 7) is 4.76. The van der Waals surface area contributed by atoms with Crippen molar-refractivity contribution < 1.29 is 36.6 Å². The van der Waals surface area contributed by atoms with Crippen LogP contribution in [0.1, 0.15) is 52.7 Å². The first-order valence-electron chi connectivity index (χ1n) is 13.5. The van der Waals surface area contributed by atoms with Crippen LogP contribution in [-0.4, -0.2) is 47.5 Å². The molecule has 0 saturated heterocycles. The van der Waals surface area contributed by atoms with Gasteiger partial charge in [-0.1, -0.05) is 12.1 Å². The normalized spacial score (nSPS) is 17.5. The first-order valence-corrected chi connectivity index (χ1v) is 15.4. The third-order valence-electron chi connectivity index (χ3n) is 7.58. The number of rotatable bonds is 10. The number of halogens is 1. The van der Waals surface area contributed by atoms with E-state index in [4.69, 9.17) is 18.9 Å². The lowest BCUT2D eigenvalue weighted by atomic mass is 9.90. The van der Waals surface area contributed by atoms with Crippen molar-refractivity contribution in [2.24, 2.45) is 0 Å². The second-order valence-electron chi connectivity index (χ2n) is 10.6. The Morgan fingerprint density at radius 1 is 1.10 bits per heavy atom. The van der Waals surface area contributed by atoms with Crippen LogP contribution in [0.4, 0.5) is 4.39 Å². The Bertz CT molecular complexity index is 1560. The van der Waals surface area contributed by atoms with E-state index in [1.807, 2.05) is 50.2 Å². The number of hydrogen-bond donors (Lipinski definition) is 1. The van der Waals surface area contributed by atoms with E-state index < -0.39 is 16.1 Å². The van der Waals surface area contributed by atoms with Gasteiger partial charge >= 0.3 is 5.97 Å². The van der Waals surface area contributed by atoms with Crippen LogP contribution in [0.2, 0.25) is 0 Å². The van der Waals surface area contributed by atoms with Gasteiger partial charge in [-0.2, -0.15) is 0 Å². The van der Waals surface area contributed by atoms with Gasteiger partial charge in [-0.05, 0) is 78.8 Å². The molecule has 2 aliphatic rings. The molecule has 0 unspecified atom stereocenters. The van der Waals surface area contributed by atoms with Gasteiger partial charge in [0.2, 0.25) is 10.0 Å². The molecule has 3 aromatic rings. The molecule has 2 atom stereocenters. The Hall–Kier alpha value is -3.63. The number of fused-ring (bicyclic) bond motifs is 2. The van der Waals surface area contributed by atoms with Gasteiger partial charge in [0.15, 0.2) is 0 Å². The Balaban J connectivity index is 1.35. The molecule has 8 nitrogen and oxygen atoms in total. The number of esters is 1. The molecule has 1 heterocycles. The fourth-order valence-electron chi connectivity index (χ4n) is 5.80. The van der Waals surface area contributed by atoms with Crippen LogP contribution in [-0.2, 0) is 26.0 Å². The van der Waals surface area contributed by atoms with E-state index >= 15 is 4.39 Å². The second-order valence-corrected chi connectivity index (χ2v) is 12.4. The van der Waals surface area contributed by atoms with Crippen LogP contribution in [0.25, 0.3) is 11.1 Å². The number of methoxy groups -OCH3 is 1. The molecular weight excluding hydrogens is 549 g/mol. The number of nitrogens with one attached hydrogen (secondary N) is 1. The predicted octanol–water partition coefficient (Wildman–Crippen LogP) is 5.14. The van der Waals surface area contributed by atoms with Crippen molar-refractivity contribution in [2.45, 2.75) is 45.1 Å². The number of benzene rings is 3. The van der Waals surface area contributed by atoms with Crippen molar-refractivity contribution in [3.8, 4) is 28.4 Å². The summed E-state index contributed by atoms with van der Waals surface area (Å²) >= 11 is 0. The van der Waals surface area contributed by atoms with Gasteiger partial charge in [-0.3, -0.25) is 4.79 Å². The molecule has 218 valence electrons. The van der Waals surface area contributed by atoms with Crippen LogP contribution in [0.15, 0.2) is 42.5 Å². The number of carbonyl (C=O) groups is 1. The number of sulfonamides is 1. The van der Waals surface area contributed by atoms with Crippen LogP contribution in [0.5, 0.6) is 17.2 Å². The van der Waals surface area contributed by atoms with Gasteiger partial charge < -0.3 is 18.9 Å².